The number of rotatable bonds is 9. The van der Waals surface area contributed by atoms with E-state index in [0.29, 0.717) is 32.5 Å². The fourth-order valence-electron chi connectivity index (χ4n) is 3.79. The van der Waals surface area contributed by atoms with E-state index < -0.39 is 5.82 Å². The SMILES string of the molecule is CC(=O)C[C@@H](C)c1ccc(O[C@@H]2CCN(c3ncnc(N(C)CCC#N)c3F)C2)cc1. The minimum atomic E-state index is -0.479. The van der Waals surface area contributed by atoms with Crippen LogP contribution in [0.1, 0.15) is 44.6 Å². The molecule has 1 aliphatic rings. The largest absolute Gasteiger partial charge is 0.489 e. The molecule has 1 aromatic heterocycles. The summed E-state index contributed by atoms with van der Waals surface area (Å²) in [7, 11) is 1.71. The quantitative estimate of drug-likeness (QED) is 0.606. The number of hydrogen-bond donors (Lipinski definition) is 0. The van der Waals surface area contributed by atoms with Crippen molar-refractivity contribution in [3.05, 3.63) is 42.0 Å². The lowest BCUT2D eigenvalue weighted by Gasteiger charge is -2.22. The highest BCUT2D eigenvalue weighted by molar-refractivity contribution is 5.76. The summed E-state index contributed by atoms with van der Waals surface area (Å²) in [5, 5.41) is 8.75. The van der Waals surface area contributed by atoms with Gasteiger partial charge in [0.1, 0.15) is 24.0 Å². The Balaban J connectivity index is 1.62. The van der Waals surface area contributed by atoms with Crippen molar-refractivity contribution in [2.45, 2.75) is 45.1 Å². The number of aromatic nitrogens is 2. The normalized spacial score (nSPS) is 16.6. The zero-order valence-corrected chi connectivity index (χ0v) is 18.2. The summed E-state index contributed by atoms with van der Waals surface area (Å²) in [6.07, 6.45) is 2.85. The van der Waals surface area contributed by atoms with Gasteiger partial charge in [-0.3, -0.25) is 0 Å². The first-order valence-electron chi connectivity index (χ1n) is 10.5. The van der Waals surface area contributed by atoms with E-state index in [4.69, 9.17) is 10.00 Å². The zero-order chi connectivity index (χ0) is 22.4. The van der Waals surface area contributed by atoms with Crippen LogP contribution in [-0.4, -0.2) is 48.5 Å². The van der Waals surface area contributed by atoms with Crippen molar-refractivity contribution in [1.82, 2.24) is 9.97 Å². The summed E-state index contributed by atoms with van der Waals surface area (Å²) in [5.74, 6) is 1.08. The average Bonchev–Trinajstić information content (AvgIpc) is 3.20. The van der Waals surface area contributed by atoms with E-state index in [1.165, 1.54) is 6.33 Å². The first-order chi connectivity index (χ1) is 14.9. The van der Waals surface area contributed by atoms with Gasteiger partial charge >= 0.3 is 0 Å². The fraction of sp³-hybridized carbons (Fsp3) is 0.478. The third-order valence-corrected chi connectivity index (χ3v) is 5.46. The molecule has 3 rings (SSSR count). The Kier molecular flexibility index (Phi) is 7.40. The maximum absolute atomic E-state index is 15.0. The molecule has 1 aliphatic heterocycles. The third-order valence-electron chi connectivity index (χ3n) is 5.46. The van der Waals surface area contributed by atoms with Gasteiger partial charge in [0, 0.05) is 33.0 Å². The van der Waals surface area contributed by atoms with Gasteiger partial charge in [-0.05, 0) is 30.5 Å². The number of benzene rings is 1. The molecule has 2 heterocycles. The lowest BCUT2D eigenvalue weighted by molar-refractivity contribution is -0.117. The van der Waals surface area contributed by atoms with E-state index in [2.05, 4.69) is 16.0 Å². The molecule has 0 spiro atoms. The smallest absolute Gasteiger partial charge is 0.208 e. The number of ether oxygens (including phenoxy) is 1. The van der Waals surface area contributed by atoms with Gasteiger partial charge in [0.2, 0.25) is 5.82 Å². The highest BCUT2D eigenvalue weighted by atomic mass is 19.1. The van der Waals surface area contributed by atoms with Crippen molar-refractivity contribution in [2.75, 3.05) is 36.5 Å². The average molecular weight is 426 g/mol. The number of carbonyl (C=O) groups excluding carboxylic acids is 1. The highest BCUT2D eigenvalue weighted by Gasteiger charge is 2.28. The van der Waals surface area contributed by atoms with Crippen molar-refractivity contribution in [1.29, 1.82) is 5.26 Å². The molecule has 8 heteroatoms. The second-order valence-electron chi connectivity index (χ2n) is 8.02. The van der Waals surface area contributed by atoms with Crippen LogP contribution in [0.25, 0.3) is 0 Å². The van der Waals surface area contributed by atoms with Crippen molar-refractivity contribution < 1.29 is 13.9 Å². The number of nitrogens with zero attached hydrogens (tertiary/aromatic N) is 5. The lowest BCUT2D eigenvalue weighted by Crippen LogP contribution is -2.28. The Hall–Kier alpha value is -3.21. The molecule has 31 heavy (non-hydrogen) atoms. The van der Waals surface area contributed by atoms with Crippen LogP contribution in [-0.2, 0) is 4.79 Å². The minimum absolute atomic E-state index is 0.0744. The maximum Gasteiger partial charge on any atom is 0.208 e. The molecule has 164 valence electrons. The number of halogens is 1. The Morgan fingerprint density at radius 1 is 1.39 bits per heavy atom. The van der Waals surface area contributed by atoms with Gasteiger partial charge in [-0.1, -0.05) is 19.1 Å². The summed E-state index contributed by atoms with van der Waals surface area (Å²) in [6, 6.07) is 9.87. The van der Waals surface area contributed by atoms with E-state index in [1.54, 1.807) is 18.9 Å². The molecular formula is C23H28FN5O2. The summed E-state index contributed by atoms with van der Waals surface area (Å²) in [4.78, 5) is 23.0. The van der Waals surface area contributed by atoms with E-state index in [0.717, 1.165) is 17.7 Å². The monoisotopic (exact) mass is 425 g/mol. The molecule has 2 atom stereocenters. The molecule has 0 amide bonds. The van der Waals surface area contributed by atoms with E-state index >= 15 is 4.39 Å². The lowest BCUT2D eigenvalue weighted by atomic mass is 9.96. The predicted molar refractivity (Wildman–Crippen MR) is 117 cm³/mol. The molecule has 0 saturated carbocycles. The van der Waals surface area contributed by atoms with Crippen LogP contribution in [0.2, 0.25) is 0 Å². The Labute approximate surface area is 182 Å². The molecule has 0 aliphatic carbocycles. The number of Topliss-reactive ketones (excluding diaryl/α,β-unsaturated/α-hetero) is 1. The third kappa shape index (κ3) is 5.69. The van der Waals surface area contributed by atoms with Crippen LogP contribution in [0.15, 0.2) is 30.6 Å². The number of ketones is 1. The standard InChI is InChI=1S/C23H28FN5O2/c1-16(13-17(2)30)18-5-7-19(8-6-18)31-20-9-12-29(14-20)23-21(24)22(26-15-27-23)28(3)11-4-10-25/h5-8,15-16,20H,4,9,11-14H2,1-3H3/t16-,20-/m1/s1. The number of anilines is 2. The van der Waals surface area contributed by atoms with Crippen molar-refractivity contribution in [3.63, 3.8) is 0 Å². The maximum atomic E-state index is 15.0. The zero-order valence-electron chi connectivity index (χ0n) is 18.2. The Morgan fingerprint density at radius 3 is 2.81 bits per heavy atom. The first-order valence-corrected chi connectivity index (χ1v) is 10.5. The molecule has 0 unspecified atom stereocenters. The Morgan fingerprint density at radius 2 is 2.13 bits per heavy atom. The van der Waals surface area contributed by atoms with Gasteiger partial charge in [-0.15, -0.1) is 0 Å². The van der Waals surface area contributed by atoms with Gasteiger partial charge in [-0.2, -0.15) is 9.65 Å². The van der Waals surface area contributed by atoms with Crippen LogP contribution in [0.5, 0.6) is 5.75 Å². The molecule has 1 saturated heterocycles. The van der Waals surface area contributed by atoms with Gasteiger partial charge in [-0.25, -0.2) is 9.97 Å². The molecule has 2 aromatic rings. The van der Waals surface area contributed by atoms with Crippen molar-refractivity contribution in [3.8, 4) is 11.8 Å². The van der Waals surface area contributed by atoms with Gasteiger partial charge in [0.25, 0.3) is 0 Å². The highest BCUT2D eigenvalue weighted by Crippen LogP contribution is 2.28. The molecular weight excluding hydrogens is 397 g/mol. The minimum Gasteiger partial charge on any atom is -0.489 e. The van der Waals surface area contributed by atoms with Gasteiger partial charge in [0.15, 0.2) is 11.6 Å². The second-order valence-corrected chi connectivity index (χ2v) is 8.02. The van der Waals surface area contributed by atoms with Gasteiger partial charge in [0.05, 0.1) is 19.0 Å². The van der Waals surface area contributed by atoms with Crippen molar-refractivity contribution in [2.24, 2.45) is 0 Å². The van der Waals surface area contributed by atoms with Crippen LogP contribution >= 0.6 is 0 Å². The molecule has 1 fully saturated rings. The number of nitriles is 1. The van der Waals surface area contributed by atoms with E-state index in [1.807, 2.05) is 36.1 Å². The van der Waals surface area contributed by atoms with E-state index in [9.17, 15) is 4.79 Å². The fourth-order valence-corrected chi connectivity index (χ4v) is 3.79. The first kappa shape index (κ1) is 22.5. The molecule has 0 bridgehead atoms. The number of hydrogen-bond acceptors (Lipinski definition) is 7. The predicted octanol–water partition coefficient (Wildman–Crippen LogP) is 3.71. The molecule has 1 aromatic carbocycles. The molecule has 7 nitrogen and oxygen atoms in total. The summed E-state index contributed by atoms with van der Waals surface area (Å²) >= 11 is 0. The Bertz CT molecular complexity index is 944. The topological polar surface area (TPSA) is 82.3 Å². The van der Waals surface area contributed by atoms with Crippen LogP contribution in [0.3, 0.4) is 0 Å². The van der Waals surface area contributed by atoms with Crippen molar-refractivity contribution >= 4 is 17.4 Å². The molecule has 0 N–H and O–H groups in total. The molecule has 0 radical (unpaired) electrons. The van der Waals surface area contributed by atoms with Crippen LogP contribution in [0.4, 0.5) is 16.0 Å². The van der Waals surface area contributed by atoms with Crippen LogP contribution in [0, 0.1) is 17.1 Å². The summed E-state index contributed by atoms with van der Waals surface area (Å²) in [6.45, 7) is 5.20. The summed E-state index contributed by atoms with van der Waals surface area (Å²) in [5.41, 5.74) is 1.10. The summed E-state index contributed by atoms with van der Waals surface area (Å²) < 4.78 is 21.1. The van der Waals surface area contributed by atoms with Gasteiger partial charge < -0.3 is 19.3 Å². The van der Waals surface area contributed by atoms with Crippen LogP contribution < -0.4 is 14.5 Å². The van der Waals surface area contributed by atoms with E-state index in [-0.39, 0.29) is 29.4 Å². The second kappa shape index (κ2) is 10.2. The number of carbonyl (C=O) groups is 1.